The number of para-hydroxylation sites is 1. The number of hydrogen-bond acceptors (Lipinski definition) is 3. The Balaban J connectivity index is 1.59. The number of hydrogen-bond donors (Lipinski definition) is 2. The highest BCUT2D eigenvalue weighted by Gasteiger charge is 2.18. The zero-order chi connectivity index (χ0) is 16.1. The molecule has 1 aliphatic heterocycles. The second-order valence-electron chi connectivity index (χ2n) is 5.94. The summed E-state index contributed by atoms with van der Waals surface area (Å²) in [5.74, 6) is 0.0247. The molecule has 3 N–H and O–H groups in total. The molecule has 0 bridgehead atoms. The quantitative estimate of drug-likeness (QED) is 0.862. The number of fused-ring (bicyclic) bond motifs is 1. The molecule has 3 rings (SSSR count). The molecule has 0 unspecified atom stereocenters. The van der Waals surface area contributed by atoms with Crippen LogP contribution in [0.15, 0.2) is 48.5 Å². The van der Waals surface area contributed by atoms with E-state index in [9.17, 15) is 4.79 Å². The van der Waals surface area contributed by atoms with Crippen LogP contribution in [0.25, 0.3) is 0 Å². The van der Waals surface area contributed by atoms with Gasteiger partial charge in [-0.2, -0.15) is 0 Å². The first-order chi connectivity index (χ1) is 11.3. The summed E-state index contributed by atoms with van der Waals surface area (Å²) < 4.78 is 0. The van der Waals surface area contributed by atoms with Gasteiger partial charge in [0.1, 0.15) is 0 Å². The van der Waals surface area contributed by atoms with Crippen molar-refractivity contribution in [3.05, 3.63) is 59.7 Å². The normalized spacial score (nSPS) is 13.0. The van der Waals surface area contributed by atoms with E-state index in [1.165, 1.54) is 16.8 Å². The van der Waals surface area contributed by atoms with Gasteiger partial charge in [0, 0.05) is 30.9 Å². The maximum absolute atomic E-state index is 11.7. The summed E-state index contributed by atoms with van der Waals surface area (Å²) in [5, 5.41) is 2.91. The molecular weight excluding hydrogens is 286 g/mol. The van der Waals surface area contributed by atoms with E-state index in [0.717, 1.165) is 31.6 Å². The van der Waals surface area contributed by atoms with E-state index in [2.05, 4.69) is 46.6 Å². The molecule has 0 atom stereocenters. The first-order valence-electron chi connectivity index (χ1n) is 8.18. The maximum Gasteiger partial charge on any atom is 0.224 e. The monoisotopic (exact) mass is 309 g/mol. The Kier molecular flexibility index (Phi) is 4.93. The highest BCUT2D eigenvalue weighted by atomic mass is 16.1. The smallest absolute Gasteiger partial charge is 0.224 e. The molecule has 1 heterocycles. The maximum atomic E-state index is 11.7. The zero-order valence-corrected chi connectivity index (χ0v) is 13.3. The van der Waals surface area contributed by atoms with Crippen molar-refractivity contribution in [2.45, 2.75) is 25.8 Å². The van der Waals surface area contributed by atoms with Crippen LogP contribution in [0.4, 0.5) is 11.4 Å². The predicted octanol–water partition coefficient (Wildman–Crippen LogP) is 2.93. The van der Waals surface area contributed by atoms with Crippen LogP contribution in [0.3, 0.4) is 0 Å². The van der Waals surface area contributed by atoms with Crippen molar-refractivity contribution in [2.24, 2.45) is 5.73 Å². The number of carbonyl (C=O) groups is 1. The van der Waals surface area contributed by atoms with E-state index in [1.807, 2.05) is 12.1 Å². The van der Waals surface area contributed by atoms with Gasteiger partial charge in [0.25, 0.3) is 0 Å². The van der Waals surface area contributed by atoms with Gasteiger partial charge in [0.2, 0.25) is 5.91 Å². The minimum atomic E-state index is 0.0247. The standard InChI is InChI=1S/C19H23N3O/c20-12-3-6-19(23)21-17-9-7-15(8-10-17)14-22-13-11-16-4-1-2-5-18(16)22/h1-2,4-5,7-10H,3,6,11-14,20H2,(H,21,23). The van der Waals surface area contributed by atoms with E-state index >= 15 is 0 Å². The van der Waals surface area contributed by atoms with Gasteiger partial charge in [0.15, 0.2) is 0 Å². The van der Waals surface area contributed by atoms with Crippen molar-refractivity contribution < 1.29 is 4.79 Å². The van der Waals surface area contributed by atoms with Gasteiger partial charge < -0.3 is 16.0 Å². The molecule has 0 aliphatic carbocycles. The summed E-state index contributed by atoms with van der Waals surface area (Å²) in [6.45, 7) is 2.51. The van der Waals surface area contributed by atoms with Gasteiger partial charge in [-0.15, -0.1) is 0 Å². The van der Waals surface area contributed by atoms with Crippen molar-refractivity contribution in [2.75, 3.05) is 23.3 Å². The Labute approximate surface area is 137 Å². The summed E-state index contributed by atoms with van der Waals surface area (Å²) in [6.07, 6.45) is 2.31. The minimum Gasteiger partial charge on any atom is -0.367 e. The third kappa shape index (κ3) is 3.90. The molecular formula is C19H23N3O. The van der Waals surface area contributed by atoms with Crippen LogP contribution < -0.4 is 16.0 Å². The number of nitrogens with two attached hydrogens (primary N) is 1. The Morgan fingerprint density at radius 3 is 2.70 bits per heavy atom. The predicted molar refractivity (Wildman–Crippen MR) is 94.6 cm³/mol. The summed E-state index contributed by atoms with van der Waals surface area (Å²) in [4.78, 5) is 14.1. The molecule has 0 saturated heterocycles. The Hall–Kier alpha value is -2.33. The van der Waals surface area contributed by atoms with Gasteiger partial charge >= 0.3 is 0 Å². The first kappa shape index (κ1) is 15.6. The fourth-order valence-electron chi connectivity index (χ4n) is 2.97. The molecule has 0 aromatic heterocycles. The van der Waals surface area contributed by atoms with Crippen molar-refractivity contribution in [1.29, 1.82) is 0 Å². The molecule has 2 aromatic rings. The molecule has 0 radical (unpaired) electrons. The van der Waals surface area contributed by atoms with Crippen LogP contribution in [0, 0.1) is 0 Å². The number of anilines is 2. The molecule has 4 nitrogen and oxygen atoms in total. The molecule has 0 spiro atoms. The molecule has 23 heavy (non-hydrogen) atoms. The van der Waals surface area contributed by atoms with Crippen LogP contribution >= 0.6 is 0 Å². The van der Waals surface area contributed by atoms with Crippen molar-refractivity contribution in [1.82, 2.24) is 0 Å². The lowest BCUT2D eigenvalue weighted by Crippen LogP contribution is -2.19. The average Bonchev–Trinajstić information content (AvgIpc) is 2.98. The lowest BCUT2D eigenvalue weighted by Gasteiger charge is -2.19. The van der Waals surface area contributed by atoms with Crippen LogP contribution in [0.1, 0.15) is 24.0 Å². The second-order valence-corrected chi connectivity index (χ2v) is 5.94. The van der Waals surface area contributed by atoms with E-state index in [-0.39, 0.29) is 5.91 Å². The van der Waals surface area contributed by atoms with Crippen LogP contribution in [0.5, 0.6) is 0 Å². The number of nitrogens with zero attached hydrogens (tertiary/aromatic N) is 1. The van der Waals surface area contributed by atoms with Gasteiger partial charge in [-0.1, -0.05) is 30.3 Å². The summed E-state index contributed by atoms with van der Waals surface area (Å²) in [7, 11) is 0. The molecule has 1 aliphatic rings. The fourth-order valence-corrected chi connectivity index (χ4v) is 2.97. The van der Waals surface area contributed by atoms with Gasteiger partial charge in [-0.05, 0) is 48.7 Å². The number of nitrogens with one attached hydrogen (secondary N) is 1. The third-order valence-electron chi connectivity index (χ3n) is 4.20. The molecule has 4 heteroatoms. The second kappa shape index (κ2) is 7.29. The third-order valence-corrected chi connectivity index (χ3v) is 4.20. The Bertz CT molecular complexity index is 667. The van der Waals surface area contributed by atoms with E-state index in [0.29, 0.717) is 13.0 Å². The Morgan fingerprint density at radius 1 is 1.13 bits per heavy atom. The first-order valence-corrected chi connectivity index (χ1v) is 8.18. The summed E-state index contributed by atoms with van der Waals surface area (Å²) >= 11 is 0. The lowest BCUT2D eigenvalue weighted by atomic mass is 10.1. The van der Waals surface area contributed by atoms with E-state index in [4.69, 9.17) is 5.73 Å². The molecule has 1 amide bonds. The lowest BCUT2D eigenvalue weighted by molar-refractivity contribution is -0.116. The fraction of sp³-hybridized carbons (Fsp3) is 0.316. The number of amides is 1. The Morgan fingerprint density at radius 2 is 1.91 bits per heavy atom. The van der Waals surface area contributed by atoms with Crippen LogP contribution in [-0.2, 0) is 17.8 Å². The van der Waals surface area contributed by atoms with E-state index < -0.39 is 0 Å². The number of benzene rings is 2. The molecule has 0 saturated carbocycles. The highest BCUT2D eigenvalue weighted by Crippen LogP contribution is 2.28. The van der Waals surface area contributed by atoms with Crippen molar-refractivity contribution >= 4 is 17.3 Å². The van der Waals surface area contributed by atoms with Crippen LogP contribution in [-0.4, -0.2) is 19.0 Å². The summed E-state index contributed by atoms with van der Waals surface area (Å²) in [5.41, 5.74) is 10.3. The highest BCUT2D eigenvalue weighted by molar-refractivity contribution is 5.90. The topological polar surface area (TPSA) is 58.4 Å². The zero-order valence-electron chi connectivity index (χ0n) is 13.3. The minimum absolute atomic E-state index is 0.0247. The van der Waals surface area contributed by atoms with Gasteiger partial charge in [-0.3, -0.25) is 4.79 Å². The van der Waals surface area contributed by atoms with Gasteiger partial charge in [-0.25, -0.2) is 0 Å². The van der Waals surface area contributed by atoms with Crippen molar-refractivity contribution in [3.63, 3.8) is 0 Å². The molecule has 120 valence electrons. The van der Waals surface area contributed by atoms with E-state index in [1.54, 1.807) is 0 Å². The summed E-state index contributed by atoms with van der Waals surface area (Å²) in [6, 6.07) is 16.7. The number of rotatable bonds is 6. The van der Waals surface area contributed by atoms with Crippen LogP contribution in [0.2, 0.25) is 0 Å². The average molecular weight is 309 g/mol. The number of carbonyl (C=O) groups excluding carboxylic acids is 1. The SMILES string of the molecule is NCCCC(=O)Nc1ccc(CN2CCc3ccccc32)cc1. The largest absolute Gasteiger partial charge is 0.367 e. The van der Waals surface area contributed by atoms with Gasteiger partial charge in [0.05, 0.1) is 0 Å². The molecule has 2 aromatic carbocycles. The molecule has 0 fully saturated rings. The van der Waals surface area contributed by atoms with Crippen molar-refractivity contribution in [3.8, 4) is 0 Å².